The number of carbonyl (C=O) groups is 1. The first-order valence-electron chi connectivity index (χ1n) is 10.5. The molecule has 33 heavy (non-hydrogen) atoms. The van der Waals surface area contributed by atoms with Crippen molar-refractivity contribution in [3.05, 3.63) is 105 Å². The number of hydrogen-bond acceptors (Lipinski definition) is 4. The highest BCUT2D eigenvalue weighted by molar-refractivity contribution is 6.35. The molecule has 0 saturated carbocycles. The van der Waals surface area contributed by atoms with Gasteiger partial charge in [0.15, 0.2) is 0 Å². The summed E-state index contributed by atoms with van der Waals surface area (Å²) in [4.78, 5) is 26.8. The Morgan fingerprint density at radius 1 is 1.06 bits per heavy atom. The van der Waals surface area contributed by atoms with Crippen molar-refractivity contribution in [2.75, 3.05) is 0 Å². The van der Waals surface area contributed by atoms with Crippen molar-refractivity contribution in [1.29, 1.82) is 0 Å². The standard InChI is InChI=1S/C25H20ClN5O2/c1-15(28-24(32)22-16(2)29-31-20(22)12-7-13-27-31)21-14-17-8-6-11-19(26)23(17)25(33)30(21)18-9-4-3-5-10-18/h3-15H,1-2H3,(H,28,32)/t15-/m0/s1. The normalized spacial score (nSPS) is 12.2. The second-order valence-corrected chi connectivity index (χ2v) is 8.21. The molecule has 0 spiro atoms. The van der Waals surface area contributed by atoms with Gasteiger partial charge in [0, 0.05) is 17.6 Å². The summed E-state index contributed by atoms with van der Waals surface area (Å²) in [7, 11) is 0. The number of amides is 1. The SMILES string of the molecule is Cc1nn2ncccc2c1C(=O)N[C@@H](C)c1cc2cccc(Cl)c2c(=O)n1-c1ccccc1. The molecule has 0 aliphatic carbocycles. The Hall–Kier alpha value is -3.97. The Morgan fingerprint density at radius 2 is 1.85 bits per heavy atom. The van der Waals surface area contributed by atoms with Crippen LogP contribution in [0.5, 0.6) is 0 Å². The number of benzene rings is 2. The average Bonchev–Trinajstić information content (AvgIpc) is 3.15. The molecule has 1 amide bonds. The van der Waals surface area contributed by atoms with Gasteiger partial charge in [-0.2, -0.15) is 14.8 Å². The Balaban J connectivity index is 1.64. The van der Waals surface area contributed by atoms with Crippen molar-refractivity contribution >= 4 is 33.8 Å². The van der Waals surface area contributed by atoms with Gasteiger partial charge in [0.25, 0.3) is 11.5 Å². The second-order valence-electron chi connectivity index (χ2n) is 7.80. The summed E-state index contributed by atoms with van der Waals surface area (Å²) in [6, 6.07) is 19.6. The van der Waals surface area contributed by atoms with E-state index in [0.29, 0.717) is 44.0 Å². The van der Waals surface area contributed by atoms with Crippen LogP contribution in [-0.2, 0) is 0 Å². The average molecular weight is 458 g/mol. The topological polar surface area (TPSA) is 81.3 Å². The number of fused-ring (bicyclic) bond motifs is 2. The molecule has 1 atom stereocenters. The third kappa shape index (κ3) is 3.56. The van der Waals surface area contributed by atoms with Crippen molar-refractivity contribution in [2.45, 2.75) is 19.9 Å². The highest BCUT2D eigenvalue weighted by atomic mass is 35.5. The molecule has 0 unspecified atom stereocenters. The molecule has 3 heterocycles. The van der Waals surface area contributed by atoms with Crippen LogP contribution in [0.4, 0.5) is 0 Å². The number of carbonyl (C=O) groups excluding carboxylic acids is 1. The fraction of sp³-hybridized carbons (Fsp3) is 0.120. The van der Waals surface area contributed by atoms with E-state index in [2.05, 4.69) is 15.5 Å². The maximum absolute atomic E-state index is 13.6. The van der Waals surface area contributed by atoms with Crippen LogP contribution in [-0.4, -0.2) is 25.3 Å². The summed E-state index contributed by atoms with van der Waals surface area (Å²) in [6.07, 6.45) is 1.61. The summed E-state index contributed by atoms with van der Waals surface area (Å²) >= 11 is 6.38. The fourth-order valence-electron chi connectivity index (χ4n) is 4.13. The van der Waals surface area contributed by atoms with Gasteiger partial charge in [-0.05, 0) is 55.6 Å². The Kier molecular flexibility index (Phi) is 5.18. The van der Waals surface area contributed by atoms with Crippen molar-refractivity contribution in [1.82, 2.24) is 24.7 Å². The predicted molar refractivity (Wildman–Crippen MR) is 128 cm³/mol. The smallest absolute Gasteiger partial charge is 0.264 e. The molecule has 0 radical (unpaired) electrons. The lowest BCUT2D eigenvalue weighted by Gasteiger charge is -2.21. The number of para-hydroxylation sites is 1. The Bertz CT molecular complexity index is 1570. The molecule has 2 aromatic carbocycles. The number of rotatable bonds is 4. The number of halogens is 1. The van der Waals surface area contributed by atoms with Crippen LogP contribution in [0.1, 0.15) is 34.7 Å². The van der Waals surface area contributed by atoms with E-state index in [-0.39, 0.29) is 11.5 Å². The number of pyridine rings is 1. The van der Waals surface area contributed by atoms with E-state index in [1.165, 1.54) is 4.63 Å². The summed E-state index contributed by atoms with van der Waals surface area (Å²) < 4.78 is 3.04. The first-order valence-corrected chi connectivity index (χ1v) is 10.8. The molecule has 5 aromatic rings. The van der Waals surface area contributed by atoms with Crippen LogP contribution in [0, 0.1) is 6.92 Å². The van der Waals surface area contributed by atoms with Gasteiger partial charge in [-0.15, -0.1) is 0 Å². The van der Waals surface area contributed by atoms with E-state index >= 15 is 0 Å². The minimum atomic E-state index is -0.486. The maximum Gasteiger partial charge on any atom is 0.264 e. The van der Waals surface area contributed by atoms with Crippen molar-refractivity contribution in [3.8, 4) is 5.69 Å². The van der Waals surface area contributed by atoms with E-state index in [9.17, 15) is 9.59 Å². The van der Waals surface area contributed by atoms with Crippen molar-refractivity contribution in [3.63, 3.8) is 0 Å². The number of aromatic nitrogens is 4. The lowest BCUT2D eigenvalue weighted by atomic mass is 10.1. The zero-order chi connectivity index (χ0) is 23.1. The zero-order valence-electron chi connectivity index (χ0n) is 18.0. The molecule has 1 N–H and O–H groups in total. The minimum Gasteiger partial charge on any atom is -0.344 e. The molecule has 0 aliphatic rings. The summed E-state index contributed by atoms with van der Waals surface area (Å²) in [5, 5.41) is 13.1. The second kappa shape index (κ2) is 8.18. The van der Waals surface area contributed by atoms with Crippen LogP contribution in [0.2, 0.25) is 5.02 Å². The number of hydrogen-bond donors (Lipinski definition) is 1. The molecule has 0 aliphatic heterocycles. The van der Waals surface area contributed by atoms with Crippen molar-refractivity contribution < 1.29 is 4.79 Å². The van der Waals surface area contributed by atoms with Gasteiger partial charge in [0.2, 0.25) is 0 Å². The van der Waals surface area contributed by atoms with Gasteiger partial charge in [0.1, 0.15) is 5.52 Å². The zero-order valence-corrected chi connectivity index (χ0v) is 18.7. The highest BCUT2D eigenvalue weighted by Crippen LogP contribution is 2.26. The van der Waals surface area contributed by atoms with Crippen LogP contribution in [0.15, 0.2) is 77.7 Å². The van der Waals surface area contributed by atoms with Crippen molar-refractivity contribution in [2.24, 2.45) is 0 Å². The van der Waals surface area contributed by atoms with E-state index in [0.717, 1.165) is 0 Å². The highest BCUT2D eigenvalue weighted by Gasteiger charge is 2.23. The molecule has 8 heteroatoms. The molecule has 0 saturated heterocycles. The monoisotopic (exact) mass is 457 g/mol. The number of nitrogens with zero attached hydrogens (tertiary/aromatic N) is 4. The molecular formula is C25H20ClN5O2. The molecule has 0 bridgehead atoms. The number of aryl methyl sites for hydroxylation is 1. The van der Waals surface area contributed by atoms with Crippen LogP contribution in [0.3, 0.4) is 0 Å². The van der Waals surface area contributed by atoms with Gasteiger partial charge < -0.3 is 5.32 Å². The van der Waals surface area contributed by atoms with Gasteiger partial charge in [0.05, 0.1) is 27.7 Å². The van der Waals surface area contributed by atoms with Gasteiger partial charge in [-0.25, -0.2) is 0 Å². The quantitative estimate of drug-likeness (QED) is 0.431. The first kappa shape index (κ1) is 20.9. The third-order valence-corrected chi connectivity index (χ3v) is 5.97. The van der Waals surface area contributed by atoms with E-state index in [4.69, 9.17) is 11.6 Å². The molecule has 7 nitrogen and oxygen atoms in total. The fourth-order valence-corrected chi connectivity index (χ4v) is 4.39. The lowest BCUT2D eigenvalue weighted by molar-refractivity contribution is 0.0939. The van der Waals surface area contributed by atoms with Gasteiger partial charge >= 0.3 is 0 Å². The Labute approximate surface area is 194 Å². The third-order valence-electron chi connectivity index (χ3n) is 5.65. The predicted octanol–water partition coefficient (Wildman–Crippen LogP) is 4.49. The van der Waals surface area contributed by atoms with Gasteiger partial charge in [-0.1, -0.05) is 41.9 Å². The number of nitrogens with one attached hydrogen (secondary N) is 1. The van der Waals surface area contributed by atoms with Crippen LogP contribution in [0.25, 0.3) is 22.0 Å². The first-order chi connectivity index (χ1) is 16.0. The van der Waals surface area contributed by atoms with E-state index in [1.54, 1.807) is 42.0 Å². The van der Waals surface area contributed by atoms with Gasteiger partial charge in [-0.3, -0.25) is 14.2 Å². The minimum absolute atomic E-state index is 0.239. The molecular weight excluding hydrogens is 438 g/mol. The summed E-state index contributed by atoms with van der Waals surface area (Å²) in [6.45, 7) is 3.62. The Morgan fingerprint density at radius 3 is 2.64 bits per heavy atom. The largest absolute Gasteiger partial charge is 0.344 e. The summed E-state index contributed by atoms with van der Waals surface area (Å²) in [5.41, 5.74) is 2.73. The molecule has 164 valence electrons. The van der Waals surface area contributed by atoms with E-state index in [1.807, 2.05) is 49.4 Å². The lowest BCUT2D eigenvalue weighted by Crippen LogP contribution is -2.32. The maximum atomic E-state index is 13.6. The molecule has 3 aromatic heterocycles. The van der Waals surface area contributed by atoms with E-state index < -0.39 is 6.04 Å². The molecule has 0 fully saturated rings. The summed E-state index contributed by atoms with van der Waals surface area (Å²) in [5.74, 6) is -0.291. The van der Waals surface area contributed by atoms with Crippen LogP contribution >= 0.6 is 11.6 Å². The van der Waals surface area contributed by atoms with Crippen LogP contribution < -0.4 is 10.9 Å². The molecule has 5 rings (SSSR count).